The van der Waals surface area contributed by atoms with Gasteiger partial charge in [0.25, 0.3) is 0 Å². The van der Waals surface area contributed by atoms with Crippen molar-refractivity contribution in [2.24, 2.45) is 0 Å². The first-order valence-electron chi connectivity index (χ1n) is 6.03. The second kappa shape index (κ2) is 5.19. The van der Waals surface area contributed by atoms with Crippen LogP contribution in [0.25, 0.3) is 0 Å². The average Bonchev–Trinajstić information content (AvgIpc) is 2.35. The predicted molar refractivity (Wildman–Crippen MR) is 68.0 cm³/mol. The van der Waals surface area contributed by atoms with Crippen LogP contribution in [0.1, 0.15) is 31.2 Å². The maximum atomic E-state index is 11.9. The van der Waals surface area contributed by atoms with Gasteiger partial charge < -0.3 is 10.1 Å². The molecule has 0 radical (unpaired) electrons. The van der Waals surface area contributed by atoms with Crippen LogP contribution in [0.15, 0.2) is 24.3 Å². The van der Waals surface area contributed by atoms with Crippen molar-refractivity contribution >= 4 is 11.6 Å². The zero-order valence-corrected chi connectivity index (χ0v) is 10.4. The maximum absolute atomic E-state index is 11.9. The zero-order chi connectivity index (χ0) is 13.0. The van der Waals surface area contributed by atoms with Crippen molar-refractivity contribution in [3.63, 3.8) is 0 Å². The Morgan fingerprint density at radius 3 is 2.56 bits per heavy atom. The molecule has 1 aliphatic carbocycles. The van der Waals surface area contributed by atoms with E-state index in [0.29, 0.717) is 17.7 Å². The summed E-state index contributed by atoms with van der Waals surface area (Å²) in [5.74, 6) is -0.0405. The number of nitrogens with zero attached hydrogens (tertiary/aromatic N) is 1. The highest BCUT2D eigenvalue weighted by molar-refractivity contribution is 5.91. The van der Waals surface area contributed by atoms with E-state index in [1.165, 1.54) is 0 Å². The molecule has 0 spiro atoms. The minimum absolute atomic E-state index is 0.0405. The third-order valence-corrected chi connectivity index (χ3v) is 3.48. The maximum Gasteiger partial charge on any atom is 0.227 e. The molecule has 18 heavy (non-hydrogen) atoms. The SMILES string of the molecule is COC1(CC(=O)Nc2ccc(C#N)cc2)CCC1. The minimum Gasteiger partial charge on any atom is -0.378 e. The minimum atomic E-state index is -0.253. The second-order valence-corrected chi connectivity index (χ2v) is 4.65. The van der Waals surface area contributed by atoms with Crippen LogP contribution in [0.5, 0.6) is 0 Å². The Morgan fingerprint density at radius 2 is 2.11 bits per heavy atom. The fraction of sp³-hybridized carbons (Fsp3) is 0.429. The van der Waals surface area contributed by atoms with Crippen LogP contribution in [0, 0.1) is 11.3 Å². The molecular formula is C14H16N2O2. The summed E-state index contributed by atoms with van der Waals surface area (Å²) in [6, 6.07) is 8.88. The number of nitriles is 1. The molecule has 1 amide bonds. The van der Waals surface area contributed by atoms with E-state index in [-0.39, 0.29) is 11.5 Å². The van der Waals surface area contributed by atoms with Crippen LogP contribution in [0.3, 0.4) is 0 Å². The van der Waals surface area contributed by atoms with Gasteiger partial charge in [-0.1, -0.05) is 0 Å². The molecule has 2 rings (SSSR count). The van der Waals surface area contributed by atoms with Crippen LogP contribution in [0.4, 0.5) is 5.69 Å². The smallest absolute Gasteiger partial charge is 0.227 e. The van der Waals surface area contributed by atoms with Gasteiger partial charge in [0.2, 0.25) is 5.91 Å². The Morgan fingerprint density at radius 1 is 1.44 bits per heavy atom. The summed E-state index contributed by atoms with van der Waals surface area (Å²) in [7, 11) is 1.66. The van der Waals surface area contributed by atoms with Crippen LogP contribution in [0.2, 0.25) is 0 Å². The van der Waals surface area contributed by atoms with E-state index in [2.05, 4.69) is 5.32 Å². The van der Waals surface area contributed by atoms with Crippen LogP contribution in [-0.2, 0) is 9.53 Å². The van der Waals surface area contributed by atoms with E-state index in [1.807, 2.05) is 6.07 Å². The molecule has 1 aliphatic rings. The summed E-state index contributed by atoms with van der Waals surface area (Å²) in [4.78, 5) is 11.9. The van der Waals surface area contributed by atoms with Gasteiger partial charge in [0, 0.05) is 12.8 Å². The molecule has 4 nitrogen and oxygen atoms in total. The van der Waals surface area contributed by atoms with Crippen LogP contribution in [-0.4, -0.2) is 18.6 Å². The molecule has 0 aliphatic heterocycles. The lowest BCUT2D eigenvalue weighted by atomic mass is 9.77. The van der Waals surface area contributed by atoms with E-state index >= 15 is 0 Å². The van der Waals surface area contributed by atoms with Crippen molar-refractivity contribution in [3.8, 4) is 6.07 Å². The summed E-state index contributed by atoms with van der Waals surface area (Å²) in [6.07, 6.45) is 3.41. The van der Waals surface area contributed by atoms with E-state index in [0.717, 1.165) is 19.3 Å². The number of amides is 1. The van der Waals surface area contributed by atoms with Crippen molar-refractivity contribution in [1.29, 1.82) is 5.26 Å². The average molecular weight is 244 g/mol. The van der Waals surface area contributed by atoms with E-state index < -0.39 is 0 Å². The number of nitrogens with one attached hydrogen (secondary N) is 1. The fourth-order valence-corrected chi connectivity index (χ4v) is 2.15. The van der Waals surface area contributed by atoms with Gasteiger partial charge in [0.05, 0.1) is 23.7 Å². The normalized spacial score (nSPS) is 16.4. The van der Waals surface area contributed by atoms with Crippen molar-refractivity contribution in [3.05, 3.63) is 29.8 Å². The largest absolute Gasteiger partial charge is 0.378 e. The molecule has 0 atom stereocenters. The molecule has 1 N–H and O–H groups in total. The highest BCUT2D eigenvalue weighted by atomic mass is 16.5. The number of carbonyl (C=O) groups is 1. The highest BCUT2D eigenvalue weighted by Crippen LogP contribution is 2.38. The molecule has 1 aromatic rings. The first-order valence-corrected chi connectivity index (χ1v) is 6.03. The number of methoxy groups -OCH3 is 1. The Balaban J connectivity index is 1.92. The Hall–Kier alpha value is -1.86. The quantitative estimate of drug-likeness (QED) is 0.884. The number of ether oxygens (including phenoxy) is 1. The van der Waals surface area contributed by atoms with E-state index in [9.17, 15) is 4.79 Å². The van der Waals surface area contributed by atoms with Gasteiger partial charge in [0.15, 0.2) is 0 Å². The van der Waals surface area contributed by atoms with Crippen molar-refractivity contribution in [1.82, 2.24) is 0 Å². The van der Waals surface area contributed by atoms with Gasteiger partial charge >= 0.3 is 0 Å². The van der Waals surface area contributed by atoms with Crippen molar-refractivity contribution < 1.29 is 9.53 Å². The lowest BCUT2D eigenvalue weighted by molar-refractivity contribution is -0.129. The summed E-state index contributed by atoms with van der Waals surface area (Å²) >= 11 is 0. The third-order valence-electron chi connectivity index (χ3n) is 3.48. The molecular weight excluding hydrogens is 228 g/mol. The molecule has 0 heterocycles. The standard InChI is InChI=1S/C14H16N2O2/c1-18-14(7-2-8-14)9-13(17)16-12-5-3-11(10-15)4-6-12/h3-6H,2,7-9H2,1H3,(H,16,17). The number of hydrogen-bond donors (Lipinski definition) is 1. The van der Waals surface area contributed by atoms with Gasteiger partial charge in [-0.2, -0.15) is 5.26 Å². The molecule has 4 heteroatoms. The predicted octanol–water partition coefficient (Wildman–Crippen LogP) is 2.46. The number of rotatable bonds is 4. The fourth-order valence-electron chi connectivity index (χ4n) is 2.15. The topological polar surface area (TPSA) is 62.1 Å². The highest BCUT2D eigenvalue weighted by Gasteiger charge is 2.38. The number of hydrogen-bond acceptors (Lipinski definition) is 3. The first kappa shape index (κ1) is 12.6. The number of benzene rings is 1. The molecule has 1 fully saturated rings. The molecule has 0 aromatic heterocycles. The number of anilines is 1. The van der Waals surface area contributed by atoms with Gasteiger partial charge in [-0.15, -0.1) is 0 Å². The monoisotopic (exact) mass is 244 g/mol. The summed E-state index contributed by atoms with van der Waals surface area (Å²) in [6.45, 7) is 0. The lowest BCUT2D eigenvalue weighted by Gasteiger charge is -2.39. The number of carbonyl (C=O) groups excluding carboxylic acids is 1. The Labute approximate surface area is 107 Å². The molecule has 0 unspecified atom stereocenters. The molecule has 1 saturated carbocycles. The molecule has 0 saturated heterocycles. The van der Waals surface area contributed by atoms with Crippen molar-refractivity contribution in [2.75, 3.05) is 12.4 Å². The van der Waals surface area contributed by atoms with E-state index in [4.69, 9.17) is 10.00 Å². The van der Waals surface area contributed by atoms with Crippen LogP contribution < -0.4 is 5.32 Å². The van der Waals surface area contributed by atoms with Gasteiger partial charge in [0.1, 0.15) is 0 Å². The molecule has 94 valence electrons. The van der Waals surface area contributed by atoms with Gasteiger partial charge in [-0.25, -0.2) is 0 Å². The summed E-state index contributed by atoms with van der Waals surface area (Å²) in [5, 5.41) is 11.5. The first-order chi connectivity index (χ1) is 8.67. The summed E-state index contributed by atoms with van der Waals surface area (Å²) < 4.78 is 5.41. The Kier molecular flexibility index (Phi) is 3.63. The lowest BCUT2D eigenvalue weighted by Crippen LogP contribution is -2.42. The van der Waals surface area contributed by atoms with E-state index in [1.54, 1.807) is 31.4 Å². The summed E-state index contributed by atoms with van der Waals surface area (Å²) in [5.41, 5.74) is 1.04. The Bertz CT molecular complexity index is 464. The van der Waals surface area contributed by atoms with Gasteiger partial charge in [-0.05, 0) is 43.5 Å². The molecule has 1 aromatic carbocycles. The third kappa shape index (κ3) is 2.69. The van der Waals surface area contributed by atoms with Gasteiger partial charge in [-0.3, -0.25) is 4.79 Å². The molecule has 0 bridgehead atoms. The zero-order valence-electron chi connectivity index (χ0n) is 10.4. The second-order valence-electron chi connectivity index (χ2n) is 4.65. The van der Waals surface area contributed by atoms with Crippen LogP contribution >= 0.6 is 0 Å². The van der Waals surface area contributed by atoms with Crippen molar-refractivity contribution in [2.45, 2.75) is 31.3 Å².